The van der Waals surface area contributed by atoms with E-state index in [0.717, 1.165) is 6.26 Å². The molecule has 0 aliphatic rings. The molecule has 0 saturated carbocycles. The Morgan fingerprint density at radius 2 is 1.89 bits per heavy atom. The molecule has 5 N–H and O–H groups in total. The molecule has 0 radical (unpaired) electrons. The third kappa shape index (κ3) is 5.19. The van der Waals surface area contributed by atoms with Crippen LogP contribution in [-0.4, -0.2) is 31.3 Å². The Hall–Kier alpha value is -0.870. The lowest BCUT2D eigenvalue weighted by Crippen LogP contribution is -2.46. The second-order valence-electron chi connectivity index (χ2n) is 4.34. The topological polar surface area (TPSA) is 122 Å². The normalized spacial score (nSPS) is 15.9. The fraction of sp³-hybridized carbons (Fsp3) is 0.400. The molecule has 0 amide bonds. The highest BCUT2D eigenvalue weighted by molar-refractivity contribution is 8.12. The molecular weight excluding hydrogens is 262 g/mol. The van der Waals surface area contributed by atoms with E-state index in [2.05, 4.69) is 9.78 Å². The Kier molecular flexibility index (Phi) is 4.56. The molecule has 0 aliphatic carbocycles. The van der Waals surface area contributed by atoms with Gasteiger partial charge >= 0.3 is 0 Å². The van der Waals surface area contributed by atoms with E-state index in [-0.39, 0.29) is 6.61 Å². The van der Waals surface area contributed by atoms with Crippen molar-refractivity contribution in [2.24, 2.45) is 5.14 Å². The van der Waals surface area contributed by atoms with Crippen molar-refractivity contribution in [1.82, 2.24) is 0 Å². The van der Waals surface area contributed by atoms with Crippen LogP contribution in [0.1, 0.15) is 17.2 Å². The summed E-state index contributed by atoms with van der Waals surface area (Å²) in [5.74, 6) is -0.427. The summed E-state index contributed by atoms with van der Waals surface area (Å²) in [6.45, 7) is 0.0230. The summed E-state index contributed by atoms with van der Waals surface area (Å²) in [6, 6.07) is 6.40. The number of benzene rings is 1. The van der Waals surface area contributed by atoms with Gasteiger partial charge in [0.1, 0.15) is 12.7 Å². The van der Waals surface area contributed by atoms with Gasteiger partial charge in [0.2, 0.25) is 0 Å². The maximum absolute atomic E-state index is 11.6. The Labute approximate surface area is 104 Å². The monoisotopic (exact) mass is 279 g/mol. The Morgan fingerprint density at radius 3 is 2.28 bits per heavy atom. The van der Waals surface area contributed by atoms with E-state index < -0.39 is 21.4 Å². The lowest BCUT2D eigenvalue weighted by Gasteiger charge is -2.35. The molecule has 8 heteroatoms. The minimum atomic E-state index is -4.27. The van der Waals surface area contributed by atoms with E-state index in [0.29, 0.717) is 11.1 Å². The first-order chi connectivity index (χ1) is 8.21. The molecule has 0 saturated heterocycles. The first-order valence-corrected chi connectivity index (χ1v) is 7.61. The van der Waals surface area contributed by atoms with Gasteiger partial charge < -0.3 is 0 Å². The standard InChI is InChI=1S/C10H17NO6S/c1-18(11,14,15)7-10(17-13)9-4-2-8(3-5-9)6-16-12/h2-5,10,12-13H,6-7H2,1H3,(H3,11,14,15). The summed E-state index contributed by atoms with van der Waals surface area (Å²) in [4.78, 5) is 8.15. The van der Waals surface area contributed by atoms with Crippen molar-refractivity contribution in [2.45, 2.75) is 12.7 Å². The second-order valence-corrected chi connectivity index (χ2v) is 7.80. The first kappa shape index (κ1) is 15.2. The number of hydrogen-bond donors (Lipinski definition) is 4. The quantitative estimate of drug-likeness (QED) is 0.455. The SMILES string of the molecule is CS(N)(=O)(O)CC(OO)c1ccc(COO)cc1. The minimum absolute atomic E-state index is 0.0230. The van der Waals surface area contributed by atoms with Crippen LogP contribution < -0.4 is 5.14 Å². The molecule has 0 bridgehead atoms. The van der Waals surface area contributed by atoms with Crippen LogP contribution in [0.2, 0.25) is 0 Å². The van der Waals surface area contributed by atoms with Crippen LogP contribution >= 0.6 is 0 Å². The molecular formula is C10H17NO6S. The van der Waals surface area contributed by atoms with Gasteiger partial charge in [-0.15, -0.1) is 9.53 Å². The molecule has 1 rings (SSSR count). The van der Waals surface area contributed by atoms with Gasteiger partial charge in [0.25, 0.3) is 0 Å². The molecule has 0 heterocycles. The third-order valence-electron chi connectivity index (χ3n) is 2.27. The van der Waals surface area contributed by atoms with E-state index in [4.69, 9.17) is 15.7 Å². The molecule has 0 fully saturated rings. The van der Waals surface area contributed by atoms with Crippen LogP contribution in [0.4, 0.5) is 0 Å². The second kappa shape index (κ2) is 5.41. The highest BCUT2D eigenvalue weighted by Gasteiger charge is 2.24. The third-order valence-corrected chi connectivity index (χ3v) is 3.38. The summed E-state index contributed by atoms with van der Waals surface area (Å²) in [6.07, 6.45) is -0.00872. The molecule has 0 aliphatic heterocycles. The van der Waals surface area contributed by atoms with Crippen molar-refractivity contribution in [3.63, 3.8) is 0 Å². The van der Waals surface area contributed by atoms with Gasteiger partial charge in [0.05, 0.1) is 5.75 Å². The van der Waals surface area contributed by atoms with E-state index in [1.165, 1.54) is 0 Å². The van der Waals surface area contributed by atoms with Gasteiger partial charge in [-0.25, -0.2) is 14.9 Å². The summed E-state index contributed by atoms with van der Waals surface area (Å²) in [7, 11) is -4.27. The molecule has 1 atom stereocenters. The Morgan fingerprint density at radius 1 is 1.33 bits per heavy atom. The van der Waals surface area contributed by atoms with Gasteiger partial charge in [-0.1, -0.05) is 24.3 Å². The van der Waals surface area contributed by atoms with Crippen LogP contribution in [-0.2, 0) is 25.9 Å². The highest BCUT2D eigenvalue weighted by atomic mass is 32.3. The van der Waals surface area contributed by atoms with E-state index in [1.54, 1.807) is 24.3 Å². The molecule has 104 valence electrons. The lowest BCUT2D eigenvalue weighted by atomic mass is 10.1. The van der Waals surface area contributed by atoms with E-state index in [1.807, 2.05) is 0 Å². The molecule has 1 aromatic carbocycles. The largest absolute Gasteiger partial charge is 0.290 e. The molecule has 7 nitrogen and oxygen atoms in total. The van der Waals surface area contributed by atoms with Gasteiger partial charge in [-0.3, -0.25) is 15.1 Å². The number of rotatable bonds is 6. The first-order valence-electron chi connectivity index (χ1n) is 5.04. The number of nitrogens with two attached hydrogens (primary N) is 1. The fourth-order valence-corrected chi connectivity index (χ4v) is 2.45. The lowest BCUT2D eigenvalue weighted by molar-refractivity contribution is -0.276. The van der Waals surface area contributed by atoms with Gasteiger partial charge in [0, 0.05) is 6.26 Å². The predicted molar refractivity (Wildman–Crippen MR) is 66.1 cm³/mol. The minimum Gasteiger partial charge on any atom is -0.290 e. The zero-order valence-electron chi connectivity index (χ0n) is 9.85. The average Bonchev–Trinajstić information content (AvgIpc) is 2.25. The van der Waals surface area contributed by atoms with Crippen molar-refractivity contribution >= 4 is 9.53 Å². The summed E-state index contributed by atoms with van der Waals surface area (Å²) >= 11 is 0. The maximum Gasteiger partial charge on any atom is 0.136 e. The van der Waals surface area contributed by atoms with Crippen molar-refractivity contribution in [1.29, 1.82) is 0 Å². The predicted octanol–water partition coefficient (Wildman–Crippen LogP) is 1.00. The van der Waals surface area contributed by atoms with Crippen LogP contribution in [0.25, 0.3) is 0 Å². The molecule has 18 heavy (non-hydrogen) atoms. The van der Waals surface area contributed by atoms with Crippen molar-refractivity contribution in [3.05, 3.63) is 35.4 Å². The van der Waals surface area contributed by atoms with Crippen molar-refractivity contribution < 1.29 is 29.1 Å². The zero-order chi connectivity index (χ0) is 13.8. The van der Waals surface area contributed by atoms with Crippen molar-refractivity contribution in [2.75, 3.05) is 12.0 Å². The van der Waals surface area contributed by atoms with E-state index >= 15 is 0 Å². The van der Waals surface area contributed by atoms with Crippen LogP contribution in [0.15, 0.2) is 24.3 Å². The molecule has 1 unspecified atom stereocenters. The smallest absolute Gasteiger partial charge is 0.136 e. The van der Waals surface area contributed by atoms with Crippen LogP contribution in [0.5, 0.6) is 0 Å². The zero-order valence-corrected chi connectivity index (χ0v) is 10.7. The van der Waals surface area contributed by atoms with E-state index in [9.17, 15) is 8.76 Å². The van der Waals surface area contributed by atoms with Gasteiger partial charge in [-0.2, -0.15) is 4.21 Å². The summed E-state index contributed by atoms with van der Waals surface area (Å²) in [5.41, 5.74) is 1.18. The molecule has 0 spiro atoms. The Balaban J connectivity index is 2.86. The molecule has 1 aromatic rings. The maximum atomic E-state index is 11.6. The van der Waals surface area contributed by atoms with Crippen molar-refractivity contribution in [3.8, 4) is 0 Å². The Bertz CT molecular complexity index is 443. The van der Waals surface area contributed by atoms with Gasteiger partial charge in [-0.05, 0) is 11.1 Å². The average molecular weight is 279 g/mol. The summed E-state index contributed by atoms with van der Waals surface area (Å²) < 4.78 is 21.1. The van der Waals surface area contributed by atoms with Gasteiger partial charge in [0.15, 0.2) is 0 Å². The number of hydrogen-bond acceptors (Lipinski definition) is 5. The highest BCUT2D eigenvalue weighted by Crippen LogP contribution is 2.24. The molecule has 0 aromatic heterocycles. The van der Waals surface area contributed by atoms with Crippen LogP contribution in [0.3, 0.4) is 0 Å². The fourth-order valence-electron chi connectivity index (χ4n) is 1.46. The summed E-state index contributed by atoms with van der Waals surface area (Å²) in [5, 5.41) is 22.3. The van der Waals surface area contributed by atoms with Crippen LogP contribution in [0, 0.1) is 0 Å².